The SMILES string of the molecule is COc1ccc2oc(C3(N)CCCCC3)nc2c1. The molecule has 1 aliphatic rings. The van der Waals surface area contributed by atoms with Gasteiger partial charge in [0.2, 0.25) is 5.89 Å². The molecule has 1 saturated carbocycles. The van der Waals surface area contributed by atoms with E-state index >= 15 is 0 Å². The van der Waals surface area contributed by atoms with Gasteiger partial charge < -0.3 is 14.9 Å². The smallest absolute Gasteiger partial charge is 0.215 e. The molecule has 0 unspecified atom stereocenters. The number of nitrogens with two attached hydrogens (primary N) is 1. The maximum atomic E-state index is 6.43. The van der Waals surface area contributed by atoms with Gasteiger partial charge in [-0.05, 0) is 25.0 Å². The highest BCUT2D eigenvalue weighted by Gasteiger charge is 2.34. The zero-order chi connectivity index (χ0) is 12.6. The molecule has 0 saturated heterocycles. The highest BCUT2D eigenvalue weighted by Crippen LogP contribution is 2.36. The van der Waals surface area contributed by atoms with Crippen molar-refractivity contribution in [2.24, 2.45) is 5.73 Å². The normalized spacial score (nSPS) is 19.0. The Kier molecular flexibility index (Phi) is 2.74. The van der Waals surface area contributed by atoms with E-state index in [2.05, 4.69) is 4.98 Å². The van der Waals surface area contributed by atoms with Crippen LogP contribution in [0.5, 0.6) is 5.75 Å². The van der Waals surface area contributed by atoms with Crippen LogP contribution in [0, 0.1) is 0 Å². The number of nitrogens with zero attached hydrogens (tertiary/aromatic N) is 1. The van der Waals surface area contributed by atoms with Gasteiger partial charge in [-0.25, -0.2) is 4.98 Å². The van der Waals surface area contributed by atoms with Gasteiger partial charge in [-0.15, -0.1) is 0 Å². The van der Waals surface area contributed by atoms with E-state index in [1.807, 2.05) is 18.2 Å². The van der Waals surface area contributed by atoms with Crippen LogP contribution in [0.1, 0.15) is 38.0 Å². The van der Waals surface area contributed by atoms with Gasteiger partial charge in [0.05, 0.1) is 12.6 Å². The number of benzene rings is 1. The van der Waals surface area contributed by atoms with Crippen molar-refractivity contribution >= 4 is 11.1 Å². The summed E-state index contributed by atoms with van der Waals surface area (Å²) in [7, 11) is 1.65. The lowest BCUT2D eigenvalue weighted by Crippen LogP contribution is -2.38. The summed E-state index contributed by atoms with van der Waals surface area (Å²) in [4.78, 5) is 4.55. The number of hydrogen-bond donors (Lipinski definition) is 1. The van der Waals surface area contributed by atoms with Gasteiger partial charge in [-0.2, -0.15) is 0 Å². The topological polar surface area (TPSA) is 61.3 Å². The summed E-state index contributed by atoms with van der Waals surface area (Å²) in [5.41, 5.74) is 7.64. The summed E-state index contributed by atoms with van der Waals surface area (Å²) in [5.74, 6) is 1.46. The lowest BCUT2D eigenvalue weighted by atomic mass is 9.82. The van der Waals surface area contributed by atoms with Crippen LogP contribution in [-0.2, 0) is 5.54 Å². The Morgan fingerprint density at radius 3 is 2.78 bits per heavy atom. The van der Waals surface area contributed by atoms with Crippen LogP contribution in [0.2, 0.25) is 0 Å². The van der Waals surface area contributed by atoms with Crippen LogP contribution in [0.15, 0.2) is 22.6 Å². The molecule has 0 radical (unpaired) electrons. The number of hydrogen-bond acceptors (Lipinski definition) is 4. The van der Waals surface area contributed by atoms with Crippen molar-refractivity contribution < 1.29 is 9.15 Å². The zero-order valence-electron chi connectivity index (χ0n) is 10.6. The molecule has 0 atom stereocenters. The van der Waals surface area contributed by atoms with E-state index in [9.17, 15) is 0 Å². The Bertz CT molecular complexity index is 556. The molecule has 2 aromatic rings. The summed E-state index contributed by atoms with van der Waals surface area (Å²) in [5, 5.41) is 0. The summed E-state index contributed by atoms with van der Waals surface area (Å²) in [6, 6.07) is 5.65. The molecule has 0 bridgehead atoms. The summed E-state index contributed by atoms with van der Waals surface area (Å²) >= 11 is 0. The molecule has 0 spiro atoms. The monoisotopic (exact) mass is 246 g/mol. The second-order valence-electron chi connectivity index (χ2n) is 5.07. The van der Waals surface area contributed by atoms with Gasteiger partial charge in [0.15, 0.2) is 5.58 Å². The summed E-state index contributed by atoms with van der Waals surface area (Å²) in [6.07, 6.45) is 5.47. The van der Waals surface area contributed by atoms with Crippen LogP contribution in [-0.4, -0.2) is 12.1 Å². The number of rotatable bonds is 2. The predicted octanol–water partition coefficient (Wildman–Crippen LogP) is 2.95. The second kappa shape index (κ2) is 4.28. The molecule has 2 N–H and O–H groups in total. The third-order valence-corrected chi connectivity index (χ3v) is 3.77. The van der Waals surface area contributed by atoms with E-state index < -0.39 is 0 Å². The van der Waals surface area contributed by atoms with E-state index in [4.69, 9.17) is 14.9 Å². The van der Waals surface area contributed by atoms with Crippen molar-refractivity contribution in [3.63, 3.8) is 0 Å². The van der Waals surface area contributed by atoms with Crippen molar-refractivity contribution in [3.8, 4) is 5.75 Å². The van der Waals surface area contributed by atoms with E-state index in [0.717, 1.165) is 42.5 Å². The third kappa shape index (κ3) is 1.86. The van der Waals surface area contributed by atoms with Crippen LogP contribution >= 0.6 is 0 Å². The summed E-state index contributed by atoms with van der Waals surface area (Å²) in [6.45, 7) is 0. The van der Waals surface area contributed by atoms with Gasteiger partial charge in [0.1, 0.15) is 11.3 Å². The second-order valence-corrected chi connectivity index (χ2v) is 5.07. The molecule has 96 valence electrons. The van der Waals surface area contributed by atoms with Gasteiger partial charge in [0, 0.05) is 6.07 Å². The first-order valence-electron chi connectivity index (χ1n) is 6.45. The Morgan fingerprint density at radius 2 is 2.06 bits per heavy atom. The van der Waals surface area contributed by atoms with Crippen molar-refractivity contribution in [2.75, 3.05) is 7.11 Å². The first-order chi connectivity index (χ1) is 8.71. The molecule has 3 rings (SSSR count). The summed E-state index contributed by atoms with van der Waals surface area (Å²) < 4.78 is 11.0. The van der Waals surface area contributed by atoms with Gasteiger partial charge in [0.25, 0.3) is 0 Å². The number of oxazole rings is 1. The van der Waals surface area contributed by atoms with E-state index in [0.29, 0.717) is 5.89 Å². The Morgan fingerprint density at radius 1 is 1.28 bits per heavy atom. The lowest BCUT2D eigenvalue weighted by molar-refractivity contribution is 0.248. The average molecular weight is 246 g/mol. The molecule has 1 aliphatic carbocycles. The maximum Gasteiger partial charge on any atom is 0.215 e. The van der Waals surface area contributed by atoms with Crippen molar-refractivity contribution in [1.29, 1.82) is 0 Å². The number of fused-ring (bicyclic) bond motifs is 1. The van der Waals surface area contributed by atoms with Crippen LogP contribution < -0.4 is 10.5 Å². The number of methoxy groups -OCH3 is 1. The Balaban J connectivity index is 2.02. The van der Waals surface area contributed by atoms with Crippen LogP contribution in [0.25, 0.3) is 11.1 Å². The maximum absolute atomic E-state index is 6.43. The first kappa shape index (κ1) is 11.5. The quantitative estimate of drug-likeness (QED) is 0.885. The Hall–Kier alpha value is -1.55. The fourth-order valence-corrected chi connectivity index (χ4v) is 2.64. The van der Waals surface area contributed by atoms with E-state index in [-0.39, 0.29) is 5.54 Å². The largest absolute Gasteiger partial charge is 0.497 e. The zero-order valence-corrected chi connectivity index (χ0v) is 10.6. The molecule has 18 heavy (non-hydrogen) atoms. The number of ether oxygens (including phenoxy) is 1. The van der Waals surface area contributed by atoms with E-state index in [1.54, 1.807) is 7.11 Å². The van der Waals surface area contributed by atoms with Crippen molar-refractivity contribution in [2.45, 2.75) is 37.6 Å². The standard InChI is InChI=1S/C14H18N2O2/c1-17-10-5-6-12-11(9-10)16-13(18-12)14(15)7-3-2-4-8-14/h5-6,9H,2-4,7-8,15H2,1H3. The van der Waals surface area contributed by atoms with Gasteiger partial charge in [-0.1, -0.05) is 19.3 Å². The third-order valence-electron chi connectivity index (χ3n) is 3.77. The minimum absolute atomic E-state index is 0.384. The lowest BCUT2D eigenvalue weighted by Gasteiger charge is -2.29. The highest BCUT2D eigenvalue weighted by molar-refractivity contribution is 5.74. The molecule has 4 nitrogen and oxygen atoms in total. The fourth-order valence-electron chi connectivity index (χ4n) is 2.64. The molecule has 1 aromatic carbocycles. The average Bonchev–Trinajstić information content (AvgIpc) is 2.83. The molecular weight excluding hydrogens is 228 g/mol. The molecule has 0 amide bonds. The fraction of sp³-hybridized carbons (Fsp3) is 0.500. The van der Waals surface area contributed by atoms with Crippen molar-refractivity contribution in [3.05, 3.63) is 24.1 Å². The van der Waals surface area contributed by atoms with Crippen molar-refractivity contribution in [1.82, 2.24) is 4.98 Å². The van der Waals surface area contributed by atoms with E-state index in [1.165, 1.54) is 6.42 Å². The molecule has 0 aliphatic heterocycles. The first-order valence-corrected chi connectivity index (χ1v) is 6.45. The molecular formula is C14H18N2O2. The minimum Gasteiger partial charge on any atom is -0.497 e. The van der Waals surface area contributed by atoms with Gasteiger partial charge >= 0.3 is 0 Å². The highest BCUT2D eigenvalue weighted by atomic mass is 16.5. The minimum atomic E-state index is -0.384. The Labute approximate surface area is 106 Å². The number of aromatic nitrogens is 1. The molecule has 1 heterocycles. The predicted molar refractivity (Wildman–Crippen MR) is 69.5 cm³/mol. The molecule has 4 heteroatoms. The van der Waals surface area contributed by atoms with Gasteiger partial charge in [-0.3, -0.25) is 0 Å². The molecule has 1 fully saturated rings. The van der Waals surface area contributed by atoms with Crippen LogP contribution in [0.4, 0.5) is 0 Å². The van der Waals surface area contributed by atoms with Crippen LogP contribution in [0.3, 0.4) is 0 Å². The molecule has 1 aromatic heterocycles.